The summed E-state index contributed by atoms with van der Waals surface area (Å²) < 4.78 is 30.4. The molecule has 1 N–H and O–H groups in total. The molecule has 4 rings (SSSR count). The minimum Gasteiger partial charge on any atom is -0.299 e. The Morgan fingerprint density at radius 3 is 2.66 bits per heavy atom. The summed E-state index contributed by atoms with van der Waals surface area (Å²) in [5.41, 5.74) is 1.99. The van der Waals surface area contributed by atoms with Crippen molar-refractivity contribution in [1.29, 1.82) is 0 Å². The van der Waals surface area contributed by atoms with Crippen LogP contribution in [-0.2, 0) is 23.0 Å². The van der Waals surface area contributed by atoms with Crippen molar-refractivity contribution in [3.05, 3.63) is 75.9 Å². The topological polar surface area (TPSA) is 68.2 Å². The van der Waals surface area contributed by atoms with E-state index >= 15 is 0 Å². The Hall–Kier alpha value is -2.48. The third-order valence-corrected chi connectivity index (χ3v) is 7.46. The molecule has 0 bridgehead atoms. The van der Waals surface area contributed by atoms with E-state index in [1.165, 1.54) is 16.3 Å². The second kappa shape index (κ2) is 8.10. The van der Waals surface area contributed by atoms with E-state index in [0.29, 0.717) is 24.2 Å². The smallest absolute Gasteiger partial charge is 0.299 e. The van der Waals surface area contributed by atoms with Crippen LogP contribution in [0.15, 0.2) is 70.4 Å². The second-order valence-electron chi connectivity index (χ2n) is 6.88. The van der Waals surface area contributed by atoms with Gasteiger partial charge in [0.15, 0.2) is 0 Å². The van der Waals surface area contributed by atoms with Crippen molar-refractivity contribution >= 4 is 42.3 Å². The molecule has 0 spiro atoms. The molecule has 0 fully saturated rings. The number of nitrogens with zero attached hydrogens (tertiary/aromatic N) is 1. The van der Waals surface area contributed by atoms with Gasteiger partial charge in [-0.25, -0.2) is 13.1 Å². The van der Waals surface area contributed by atoms with Crippen molar-refractivity contribution in [1.82, 2.24) is 9.29 Å². The molecule has 0 aliphatic heterocycles. The summed E-state index contributed by atoms with van der Waals surface area (Å²) in [4.78, 5) is 12.1. The van der Waals surface area contributed by atoms with Crippen molar-refractivity contribution in [3.63, 3.8) is 0 Å². The number of aryl methyl sites for hydroxylation is 2. The average Bonchev–Trinajstić information content (AvgIpc) is 3.05. The van der Waals surface area contributed by atoms with Crippen LogP contribution in [0.3, 0.4) is 0 Å². The first kappa shape index (κ1) is 19.8. The first-order valence-electron chi connectivity index (χ1n) is 9.59. The van der Waals surface area contributed by atoms with Crippen LogP contribution in [0.4, 0.5) is 0 Å². The van der Waals surface area contributed by atoms with E-state index in [4.69, 9.17) is 0 Å². The minimum absolute atomic E-state index is 0.0694. The lowest BCUT2D eigenvalue weighted by molar-refractivity contribution is 0.579. The van der Waals surface area contributed by atoms with Gasteiger partial charge < -0.3 is 0 Å². The van der Waals surface area contributed by atoms with Gasteiger partial charge in [0, 0.05) is 13.1 Å². The molecule has 3 aromatic carbocycles. The van der Waals surface area contributed by atoms with Crippen molar-refractivity contribution in [3.8, 4) is 0 Å². The molecule has 4 aromatic rings. The highest BCUT2D eigenvalue weighted by Crippen LogP contribution is 2.22. The quantitative estimate of drug-likeness (QED) is 0.452. The molecule has 5 nitrogen and oxygen atoms in total. The summed E-state index contributed by atoms with van der Waals surface area (Å²) in [6.07, 6.45) is 1.50. The predicted octanol–water partition coefficient (Wildman–Crippen LogP) is 4.15. The number of hydrogen-bond donors (Lipinski definition) is 1. The summed E-state index contributed by atoms with van der Waals surface area (Å²) >= 11 is 1.08. The van der Waals surface area contributed by atoms with E-state index in [1.54, 1.807) is 22.8 Å². The number of fused-ring (bicyclic) bond motifs is 2. The van der Waals surface area contributed by atoms with Crippen LogP contribution in [0.1, 0.15) is 18.9 Å². The maximum Gasteiger partial charge on any atom is 0.308 e. The van der Waals surface area contributed by atoms with Crippen molar-refractivity contribution in [2.75, 3.05) is 6.54 Å². The third-order valence-electron chi connectivity index (χ3n) is 5.06. The van der Waals surface area contributed by atoms with Crippen LogP contribution in [0.2, 0.25) is 0 Å². The number of benzene rings is 3. The van der Waals surface area contributed by atoms with Crippen molar-refractivity contribution in [2.45, 2.75) is 31.2 Å². The van der Waals surface area contributed by atoms with Crippen LogP contribution >= 0.6 is 11.3 Å². The SMILES string of the molecule is CCn1c(=O)sc2cc(S(=O)(=O)NCCCc3cccc4ccccc34)ccc21. The third kappa shape index (κ3) is 3.99. The molecular weight excluding hydrogens is 404 g/mol. The predicted molar refractivity (Wildman–Crippen MR) is 119 cm³/mol. The summed E-state index contributed by atoms with van der Waals surface area (Å²) in [5.74, 6) is 0. The van der Waals surface area contributed by atoms with Crippen LogP contribution in [0.5, 0.6) is 0 Å². The maximum absolute atomic E-state index is 12.7. The van der Waals surface area contributed by atoms with Gasteiger partial charge in [0.2, 0.25) is 10.0 Å². The lowest BCUT2D eigenvalue weighted by atomic mass is 10.0. The Labute approximate surface area is 173 Å². The zero-order valence-corrected chi connectivity index (χ0v) is 17.7. The van der Waals surface area contributed by atoms with Crippen LogP contribution in [-0.4, -0.2) is 19.5 Å². The molecule has 7 heteroatoms. The Balaban J connectivity index is 1.45. The molecule has 0 saturated carbocycles. The van der Waals surface area contributed by atoms with Gasteiger partial charge in [-0.05, 0) is 54.3 Å². The van der Waals surface area contributed by atoms with Gasteiger partial charge in [0.25, 0.3) is 0 Å². The molecule has 29 heavy (non-hydrogen) atoms. The van der Waals surface area contributed by atoms with Gasteiger partial charge in [-0.2, -0.15) is 0 Å². The normalized spacial score (nSPS) is 12.0. The molecule has 0 aliphatic rings. The summed E-state index contributed by atoms with van der Waals surface area (Å²) in [7, 11) is -3.61. The zero-order valence-electron chi connectivity index (χ0n) is 16.1. The lowest BCUT2D eigenvalue weighted by Gasteiger charge is -2.09. The van der Waals surface area contributed by atoms with Gasteiger partial charge in [-0.1, -0.05) is 53.8 Å². The lowest BCUT2D eigenvalue weighted by Crippen LogP contribution is -2.25. The van der Waals surface area contributed by atoms with Crippen LogP contribution < -0.4 is 9.60 Å². The molecule has 0 atom stereocenters. The Morgan fingerprint density at radius 1 is 1.03 bits per heavy atom. The molecule has 150 valence electrons. The van der Waals surface area contributed by atoms with E-state index in [2.05, 4.69) is 29.0 Å². The molecule has 0 amide bonds. The van der Waals surface area contributed by atoms with Crippen LogP contribution in [0.25, 0.3) is 21.0 Å². The van der Waals surface area contributed by atoms with Gasteiger partial charge in [-0.3, -0.25) is 9.36 Å². The summed E-state index contributed by atoms with van der Waals surface area (Å²) in [6, 6.07) is 19.3. The van der Waals surface area contributed by atoms with E-state index in [1.807, 2.05) is 25.1 Å². The number of hydrogen-bond acceptors (Lipinski definition) is 4. The molecule has 0 saturated heterocycles. The van der Waals surface area contributed by atoms with Gasteiger partial charge in [-0.15, -0.1) is 0 Å². The highest BCUT2D eigenvalue weighted by molar-refractivity contribution is 7.89. The molecular formula is C22H22N2O3S2. The maximum atomic E-state index is 12.7. The van der Waals surface area contributed by atoms with E-state index in [9.17, 15) is 13.2 Å². The van der Waals surface area contributed by atoms with Gasteiger partial charge in [0.1, 0.15) is 0 Å². The largest absolute Gasteiger partial charge is 0.308 e. The van der Waals surface area contributed by atoms with Gasteiger partial charge >= 0.3 is 4.87 Å². The standard InChI is InChI=1S/C22H22N2O3S2/c1-2-24-20-13-12-18(15-21(20)28-22(24)25)29(26,27)23-14-6-10-17-9-5-8-16-7-3-4-11-19(16)17/h3-5,7-9,11-13,15,23H,2,6,10,14H2,1H3. The van der Waals surface area contributed by atoms with Crippen molar-refractivity contribution in [2.24, 2.45) is 0 Å². The fraction of sp³-hybridized carbons (Fsp3) is 0.227. The monoisotopic (exact) mass is 426 g/mol. The fourth-order valence-electron chi connectivity index (χ4n) is 3.59. The molecule has 1 aromatic heterocycles. The first-order valence-corrected chi connectivity index (χ1v) is 11.9. The summed E-state index contributed by atoms with van der Waals surface area (Å²) in [6.45, 7) is 2.82. The van der Waals surface area contributed by atoms with E-state index < -0.39 is 10.0 Å². The Morgan fingerprint density at radius 2 is 1.83 bits per heavy atom. The second-order valence-corrected chi connectivity index (χ2v) is 9.64. The Bertz CT molecular complexity index is 1330. The van der Waals surface area contributed by atoms with E-state index in [-0.39, 0.29) is 9.77 Å². The highest BCUT2D eigenvalue weighted by atomic mass is 32.2. The van der Waals surface area contributed by atoms with Gasteiger partial charge in [0.05, 0.1) is 15.1 Å². The molecule has 0 radical (unpaired) electrons. The zero-order chi connectivity index (χ0) is 20.4. The first-order chi connectivity index (χ1) is 14.0. The molecule has 0 aliphatic carbocycles. The fourth-order valence-corrected chi connectivity index (χ4v) is 5.76. The van der Waals surface area contributed by atoms with Crippen molar-refractivity contribution < 1.29 is 8.42 Å². The molecule has 1 heterocycles. The number of rotatable bonds is 7. The Kier molecular flexibility index (Phi) is 5.54. The average molecular weight is 427 g/mol. The number of nitrogens with one attached hydrogen (secondary N) is 1. The van der Waals surface area contributed by atoms with Crippen LogP contribution in [0, 0.1) is 0 Å². The number of thiazole rings is 1. The number of sulfonamides is 1. The van der Waals surface area contributed by atoms with E-state index in [0.717, 1.165) is 23.3 Å². The molecule has 0 unspecified atom stereocenters. The summed E-state index contributed by atoms with van der Waals surface area (Å²) in [5, 5.41) is 2.40. The minimum atomic E-state index is -3.61. The number of aromatic nitrogens is 1. The highest BCUT2D eigenvalue weighted by Gasteiger charge is 2.16.